The molecule has 1 aliphatic rings. The van der Waals surface area contributed by atoms with Crippen LogP contribution in [0.15, 0.2) is 53.3 Å². The van der Waals surface area contributed by atoms with Gasteiger partial charge < -0.3 is 14.7 Å². The van der Waals surface area contributed by atoms with Gasteiger partial charge in [-0.05, 0) is 49.7 Å². The summed E-state index contributed by atoms with van der Waals surface area (Å²) < 4.78 is 5.65. The molecule has 0 bridgehead atoms. The minimum absolute atomic E-state index is 0.0447. The van der Waals surface area contributed by atoms with E-state index in [2.05, 4.69) is 15.2 Å². The number of amides is 1. The Morgan fingerprint density at radius 2 is 2.00 bits per heavy atom. The topological polar surface area (TPSA) is 61.3 Å². The molecule has 1 amide bonds. The van der Waals surface area contributed by atoms with Crippen LogP contribution in [0, 0.1) is 0 Å². The minimum Gasteiger partial charge on any atom is -0.468 e. The second kappa shape index (κ2) is 7.79. The summed E-state index contributed by atoms with van der Waals surface area (Å²) in [5, 5.41) is 4.23. The van der Waals surface area contributed by atoms with Crippen molar-refractivity contribution in [1.29, 1.82) is 0 Å². The number of carbonyl (C=O) groups is 1. The van der Waals surface area contributed by atoms with Crippen LogP contribution < -0.4 is 5.32 Å². The maximum absolute atomic E-state index is 12.5. The standard InChI is InChI=1S/C21H25N3O2/c25-21(13-16-14-22-18-8-3-2-7-17(16)18)23-15-19(20-9-6-12-26-20)24-10-4-1-5-11-24/h2-3,6-9,12,14,19,22H,1,4-5,10-11,13,15H2,(H,23,25)/t19-/m1/s1. The summed E-state index contributed by atoms with van der Waals surface area (Å²) in [4.78, 5) is 18.2. The van der Waals surface area contributed by atoms with Gasteiger partial charge in [0.15, 0.2) is 0 Å². The van der Waals surface area contributed by atoms with Crippen molar-refractivity contribution in [3.8, 4) is 0 Å². The highest BCUT2D eigenvalue weighted by Crippen LogP contribution is 2.24. The SMILES string of the molecule is O=C(Cc1c[nH]c2ccccc12)NC[C@H](c1ccco1)N1CCCCC1. The smallest absolute Gasteiger partial charge is 0.224 e. The first-order valence-corrected chi connectivity index (χ1v) is 9.40. The van der Waals surface area contributed by atoms with E-state index in [0.29, 0.717) is 13.0 Å². The Hall–Kier alpha value is -2.53. The van der Waals surface area contributed by atoms with Crippen LogP contribution in [0.5, 0.6) is 0 Å². The number of para-hydroxylation sites is 1. The maximum atomic E-state index is 12.5. The van der Waals surface area contributed by atoms with Crippen LogP contribution in [0.3, 0.4) is 0 Å². The monoisotopic (exact) mass is 351 g/mol. The molecule has 0 saturated carbocycles. The molecule has 0 unspecified atom stereocenters. The molecule has 0 aliphatic carbocycles. The Morgan fingerprint density at radius 1 is 1.15 bits per heavy atom. The summed E-state index contributed by atoms with van der Waals surface area (Å²) in [5.41, 5.74) is 2.10. The molecule has 5 heteroatoms. The van der Waals surface area contributed by atoms with Crippen molar-refractivity contribution in [2.45, 2.75) is 31.7 Å². The first kappa shape index (κ1) is 16.9. The molecule has 3 aromatic rings. The summed E-state index contributed by atoms with van der Waals surface area (Å²) in [6, 6.07) is 12.1. The van der Waals surface area contributed by atoms with Crippen LogP contribution in [-0.2, 0) is 11.2 Å². The first-order chi connectivity index (χ1) is 12.8. The number of furan rings is 1. The van der Waals surface area contributed by atoms with Crippen molar-refractivity contribution in [3.05, 3.63) is 60.2 Å². The van der Waals surface area contributed by atoms with Crippen LogP contribution in [0.4, 0.5) is 0 Å². The molecule has 0 radical (unpaired) electrons. The lowest BCUT2D eigenvalue weighted by Crippen LogP contribution is -2.40. The van der Waals surface area contributed by atoms with Crippen molar-refractivity contribution < 1.29 is 9.21 Å². The average Bonchev–Trinajstić information content (AvgIpc) is 3.34. The van der Waals surface area contributed by atoms with Gasteiger partial charge in [0.2, 0.25) is 5.91 Å². The van der Waals surface area contributed by atoms with Gasteiger partial charge in [0.25, 0.3) is 0 Å². The summed E-state index contributed by atoms with van der Waals surface area (Å²) in [6.45, 7) is 2.70. The second-order valence-corrected chi connectivity index (χ2v) is 6.97. The molecule has 2 N–H and O–H groups in total. The van der Waals surface area contributed by atoms with E-state index in [1.54, 1.807) is 6.26 Å². The molecule has 4 rings (SSSR count). The number of nitrogens with zero attached hydrogens (tertiary/aromatic N) is 1. The number of nitrogens with one attached hydrogen (secondary N) is 2. The Kier molecular flexibility index (Phi) is 5.07. The molecule has 1 atom stereocenters. The van der Waals surface area contributed by atoms with Gasteiger partial charge in [0.1, 0.15) is 5.76 Å². The molecule has 1 fully saturated rings. The quantitative estimate of drug-likeness (QED) is 0.713. The Bertz CT molecular complexity index is 847. The predicted octanol–water partition coefficient (Wildman–Crippen LogP) is 3.65. The van der Waals surface area contributed by atoms with Crippen molar-refractivity contribution in [3.63, 3.8) is 0 Å². The van der Waals surface area contributed by atoms with Crippen LogP contribution in [0.2, 0.25) is 0 Å². The summed E-state index contributed by atoms with van der Waals surface area (Å²) in [5.74, 6) is 0.975. The zero-order chi connectivity index (χ0) is 17.8. The highest BCUT2D eigenvalue weighted by atomic mass is 16.3. The summed E-state index contributed by atoms with van der Waals surface area (Å²) in [7, 11) is 0. The zero-order valence-electron chi connectivity index (χ0n) is 14.9. The number of H-pyrrole nitrogens is 1. The molecule has 5 nitrogen and oxygen atoms in total. The zero-order valence-corrected chi connectivity index (χ0v) is 14.9. The molecule has 1 aliphatic heterocycles. The number of aromatic nitrogens is 1. The van der Waals surface area contributed by atoms with E-state index in [1.165, 1.54) is 19.3 Å². The number of likely N-dealkylation sites (tertiary alicyclic amines) is 1. The third-order valence-electron chi connectivity index (χ3n) is 5.22. The van der Waals surface area contributed by atoms with Crippen LogP contribution >= 0.6 is 0 Å². The second-order valence-electron chi connectivity index (χ2n) is 6.97. The van der Waals surface area contributed by atoms with E-state index in [1.807, 2.05) is 42.6 Å². The lowest BCUT2D eigenvalue weighted by molar-refractivity contribution is -0.120. The van der Waals surface area contributed by atoms with Gasteiger partial charge >= 0.3 is 0 Å². The Balaban J connectivity index is 1.41. The van der Waals surface area contributed by atoms with Gasteiger partial charge in [-0.15, -0.1) is 0 Å². The van der Waals surface area contributed by atoms with Crippen molar-refractivity contribution in [2.24, 2.45) is 0 Å². The van der Waals surface area contributed by atoms with E-state index in [4.69, 9.17) is 4.42 Å². The fraction of sp³-hybridized carbons (Fsp3) is 0.381. The highest BCUT2D eigenvalue weighted by Gasteiger charge is 2.25. The third-order valence-corrected chi connectivity index (χ3v) is 5.22. The van der Waals surface area contributed by atoms with E-state index >= 15 is 0 Å². The normalized spacial score (nSPS) is 16.6. The number of benzene rings is 1. The highest BCUT2D eigenvalue weighted by molar-refractivity contribution is 5.88. The Morgan fingerprint density at radius 3 is 2.81 bits per heavy atom. The number of aromatic amines is 1. The number of piperidine rings is 1. The van der Waals surface area contributed by atoms with Gasteiger partial charge in [-0.1, -0.05) is 24.6 Å². The molecule has 0 spiro atoms. The van der Waals surface area contributed by atoms with E-state index in [-0.39, 0.29) is 11.9 Å². The minimum atomic E-state index is 0.0447. The molecule has 2 aromatic heterocycles. The Labute approximate surface area is 153 Å². The van der Waals surface area contributed by atoms with E-state index in [0.717, 1.165) is 35.3 Å². The fourth-order valence-corrected chi connectivity index (χ4v) is 3.84. The van der Waals surface area contributed by atoms with Crippen molar-refractivity contribution >= 4 is 16.8 Å². The molecule has 136 valence electrons. The molecule has 26 heavy (non-hydrogen) atoms. The average molecular weight is 351 g/mol. The first-order valence-electron chi connectivity index (χ1n) is 9.40. The van der Waals surface area contributed by atoms with Gasteiger partial charge in [-0.25, -0.2) is 0 Å². The van der Waals surface area contributed by atoms with Gasteiger partial charge in [0, 0.05) is 23.6 Å². The number of rotatable bonds is 6. The summed E-state index contributed by atoms with van der Waals surface area (Å²) >= 11 is 0. The molecular weight excluding hydrogens is 326 g/mol. The summed E-state index contributed by atoms with van der Waals surface area (Å²) in [6.07, 6.45) is 7.73. The number of fused-ring (bicyclic) bond motifs is 1. The third kappa shape index (κ3) is 3.68. The maximum Gasteiger partial charge on any atom is 0.224 e. The van der Waals surface area contributed by atoms with Crippen LogP contribution in [-0.4, -0.2) is 35.4 Å². The number of carbonyl (C=O) groups excluding carboxylic acids is 1. The van der Waals surface area contributed by atoms with Gasteiger partial charge in [-0.2, -0.15) is 0 Å². The molecule has 1 saturated heterocycles. The fourth-order valence-electron chi connectivity index (χ4n) is 3.84. The molecule has 1 aromatic carbocycles. The predicted molar refractivity (Wildman–Crippen MR) is 102 cm³/mol. The largest absolute Gasteiger partial charge is 0.468 e. The lowest BCUT2D eigenvalue weighted by Gasteiger charge is -2.33. The van der Waals surface area contributed by atoms with Gasteiger partial charge in [0.05, 0.1) is 18.7 Å². The molecular formula is C21H25N3O2. The van der Waals surface area contributed by atoms with E-state index < -0.39 is 0 Å². The number of hydrogen-bond donors (Lipinski definition) is 2. The molecule has 3 heterocycles. The van der Waals surface area contributed by atoms with Gasteiger partial charge in [-0.3, -0.25) is 9.69 Å². The van der Waals surface area contributed by atoms with Crippen molar-refractivity contribution in [2.75, 3.05) is 19.6 Å². The van der Waals surface area contributed by atoms with Crippen LogP contribution in [0.1, 0.15) is 36.6 Å². The van der Waals surface area contributed by atoms with Crippen LogP contribution in [0.25, 0.3) is 10.9 Å². The van der Waals surface area contributed by atoms with E-state index in [9.17, 15) is 4.79 Å². The lowest BCUT2D eigenvalue weighted by atomic mass is 10.1. The van der Waals surface area contributed by atoms with Crippen molar-refractivity contribution in [1.82, 2.24) is 15.2 Å². The number of hydrogen-bond acceptors (Lipinski definition) is 3.